The lowest BCUT2D eigenvalue weighted by molar-refractivity contribution is -0.196. The molecule has 3 saturated heterocycles. The molecular weight excluding hydrogens is 1050 g/mol. The van der Waals surface area contributed by atoms with Crippen LogP contribution >= 0.6 is 0 Å². The fourth-order valence-electron chi connectivity index (χ4n) is 5.64. The predicted molar refractivity (Wildman–Crippen MR) is 254 cm³/mol. The topological polar surface area (TPSA) is 390 Å². The van der Waals surface area contributed by atoms with Crippen LogP contribution in [-0.4, -0.2) is 177 Å². The van der Waals surface area contributed by atoms with Crippen LogP contribution in [0.15, 0.2) is 0 Å². The zero-order valence-electron chi connectivity index (χ0n) is 41.6. The Hall–Kier alpha value is -6.50. The minimum absolute atomic E-state index is 0.00775. The van der Waals surface area contributed by atoms with Crippen LogP contribution in [0.2, 0.25) is 0 Å². The lowest BCUT2D eigenvalue weighted by Gasteiger charge is -2.12. The number of hydroxylamine groups is 6. The van der Waals surface area contributed by atoms with Crippen molar-refractivity contribution in [2.75, 3.05) is 54.2 Å². The van der Waals surface area contributed by atoms with Crippen LogP contribution in [0.25, 0.3) is 0 Å². The van der Waals surface area contributed by atoms with Crippen molar-refractivity contribution >= 4 is 121 Å². The summed E-state index contributed by atoms with van der Waals surface area (Å²) in [5.74, 6) is -9.38. The number of imide groups is 3. The summed E-state index contributed by atoms with van der Waals surface area (Å²) in [6.45, 7) is 7.36. The molecular formula is C43H62N6O22S3. The monoisotopic (exact) mass is 1110 g/mol. The lowest BCUT2D eigenvalue weighted by atomic mass is 10.1. The maximum Gasteiger partial charge on any atom is 0.352 e. The van der Waals surface area contributed by atoms with E-state index >= 15 is 0 Å². The van der Waals surface area contributed by atoms with Crippen molar-refractivity contribution < 1.29 is 104 Å². The summed E-state index contributed by atoms with van der Waals surface area (Å²) >= 11 is 0. The number of amides is 9. The zero-order chi connectivity index (χ0) is 56.1. The maximum absolute atomic E-state index is 11.7. The third-order valence-corrected chi connectivity index (χ3v) is 12.8. The summed E-state index contributed by atoms with van der Waals surface area (Å²) in [4.78, 5) is 185. The van der Waals surface area contributed by atoms with Gasteiger partial charge in [-0.05, 0) is 26.2 Å². The molecule has 0 spiro atoms. The highest BCUT2D eigenvalue weighted by molar-refractivity contribution is 7.86. The predicted octanol–water partition coefficient (Wildman–Crippen LogP) is -2.52. The standard InChI is InChI=1S/C15H22N2O7S.C14H20N2O8S.C14H20N2O7S/c1-10(2)7-11(18)9-25(23)6-5-12(19)16-8-15(22)24-17-13(20)3-4-14(17)21;1-9(2)23-14(21)8-25(22)6-5-10(17)15-7-13(20)24-16-11(18)3-4-12(16)19;1-2-3-10(17)9-24(22)7-6-11(18)15-8-14(21)23-16-12(19)4-5-13(16)20/h10H,3-9H2,1-2H3,(H,16,19);9H,3-8H2,1-2H3,(H,15,17);2-9H2,1H3,(H,15,18). The second-order valence-electron chi connectivity index (χ2n) is 16.5. The van der Waals surface area contributed by atoms with E-state index in [-0.39, 0.29) is 116 Å². The lowest BCUT2D eigenvalue weighted by Crippen LogP contribution is -2.38. The van der Waals surface area contributed by atoms with Crippen LogP contribution in [0.3, 0.4) is 0 Å². The molecule has 3 unspecified atom stereocenters. The van der Waals surface area contributed by atoms with Gasteiger partial charge in [0.2, 0.25) is 17.7 Å². The van der Waals surface area contributed by atoms with Crippen LogP contribution in [0, 0.1) is 5.92 Å². The van der Waals surface area contributed by atoms with Gasteiger partial charge in [-0.2, -0.15) is 0 Å². The van der Waals surface area contributed by atoms with E-state index in [1.54, 1.807) is 13.8 Å². The van der Waals surface area contributed by atoms with Crippen molar-refractivity contribution in [2.45, 2.75) is 118 Å². The van der Waals surface area contributed by atoms with Crippen LogP contribution in [0.1, 0.15) is 112 Å². The van der Waals surface area contributed by atoms with E-state index in [1.807, 2.05) is 20.8 Å². The molecule has 0 aromatic rings. The molecule has 3 N–H and O–H groups in total. The normalized spacial score (nSPS) is 15.3. The summed E-state index contributed by atoms with van der Waals surface area (Å²) in [5, 5.41) is 7.86. The number of hydrogen-bond donors (Lipinski definition) is 3. The average Bonchev–Trinajstić information content (AvgIpc) is 3.93. The number of ether oxygens (including phenoxy) is 1. The van der Waals surface area contributed by atoms with Gasteiger partial charge in [0.05, 0.1) is 17.6 Å². The van der Waals surface area contributed by atoms with E-state index in [9.17, 15) is 84.5 Å². The summed E-state index contributed by atoms with van der Waals surface area (Å²) in [7, 11) is -4.43. The van der Waals surface area contributed by atoms with Gasteiger partial charge < -0.3 is 35.2 Å². The number of Topliss-reactive ketones (excluding diaryl/α,β-unsaturated/α-hetero) is 2. The highest BCUT2D eigenvalue weighted by atomic mass is 32.2. The van der Waals surface area contributed by atoms with Crippen molar-refractivity contribution in [2.24, 2.45) is 5.92 Å². The number of rotatable bonds is 29. The number of nitrogens with zero attached hydrogens (tertiary/aromatic N) is 3. The molecule has 3 fully saturated rings. The third kappa shape index (κ3) is 28.7. The van der Waals surface area contributed by atoms with Gasteiger partial charge in [0, 0.05) is 120 Å². The molecule has 3 aliphatic heterocycles. The Morgan fingerprint density at radius 2 is 0.757 bits per heavy atom. The smallest absolute Gasteiger partial charge is 0.352 e. The molecule has 0 saturated carbocycles. The number of carbonyl (C=O) groups excluding carboxylic acids is 15. The van der Waals surface area contributed by atoms with Crippen molar-refractivity contribution in [3.05, 3.63) is 0 Å². The fourth-order valence-corrected chi connectivity index (χ4v) is 8.63. The van der Waals surface area contributed by atoms with Crippen LogP contribution in [0.4, 0.5) is 0 Å². The number of esters is 1. The summed E-state index contributed by atoms with van der Waals surface area (Å²) in [6, 6.07) is 0. The Kier molecular flexibility index (Phi) is 30.8. The molecule has 3 rings (SSSR count). The van der Waals surface area contributed by atoms with Gasteiger partial charge in [0.1, 0.15) is 37.0 Å². The molecule has 3 aliphatic rings. The Morgan fingerprint density at radius 3 is 1.04 bits per heavy atom. The van der Waals surface area contributed by atoms with Crippen LogP contribution < -0.4 is 16.0 Å². The fraction of sp³-hybridized carbons (Fsp3) is 0.651. The van der Waals surface area contributed by atoms with Crippen molar-refractivity contribution in [1.29, 1.82) is 0 Å². The molecule has 31 heteroatoms. The largest absolute Gasteiger partial charge is 0.462 e. The molecule has 9 amide bonds. The molecule has 3 heterocycles. The summed E-state index contributed by atoms with van der Waals surface area (Å²) in [5.41, 5.74) is 0. The molecule has 0 aliphatic carbocycles. The van der Waals surface area contributed by atoms with E-state index in [1.165, 1.54) is 0 Å². The first-order valence-electron chi connectivity index (χ1n) is 23.0. The van der Waals surface area contributed by atoms with Gasteiger partial charge in [-0.15, -0.1) is 15.2 Å². The van der Waals surface area contributed by atoms with E-state index in [0.29, 0.717) is 34.5 Å². The molecule has 0 radical (unpaired) electrons. The molecule has 414 valence electrons. The average molecular weight is 1110 g/mol. The highest BCUT2D eigenvalue weighted by Gasteiger charge is 2.35. The van der Waals surface area contributed by atoms with E-state index in [2.05, 4.69) is 30.5 Å². The first-order chi connectivity index (χ1) is 34.7. The van der Waals surface area contributed by atoms with Crippen LogP contribution in [-0.2, 0) is 124 Å². The Morgan fingerprint density at radius 1 is 0.459 bits per heavy atom. The van der Waals surface area contributed by atoms with Gasteiger partial charge in [0.25, 0.3) is 35.4 Å². The number of carbonyl (C=O) groups is 15. The Balaban J connectivity index is 0.000000555. The zero-order valence-corrected chi connectivity index (χ0v) is 44.0. The van der Waals surface area contributed by atoms with Crippen molar-refractivity contribution in [1.82, 2.24) is 31.1 Å². The van der Waals surface area contributed by atoms with Gasteiger partial charge >= 0.3 is 23.9 Å². The molecule has 0 bridgehead atoms. The highest BCUT2D eigenvalue weighted by Crippen LogP contribution is 2.14. The van der Waals surface area contributed by atoms with E-state index in [4.69, 9.17) is 4.74 Å². The van der Waals surface area contributed by atoms with E-state index < -0.39 is 129 Å². The minimum atomic E-state index is -1.56. The molecule has 0 aromatic carbocycles. The SMILES string of the molecule is CC(C)CC(=O)CS(=O)CCC(=O)NCC(=O)ON1C(=O)CCC1=O.CC(C)OC(=O)CS(=O)CCC(=O)NCC(=O)ON1C(=O)CCC1=O.CCCC(=O)CS(=O)CCC(=O)NCC(=O)ON1C(=O)CCC1=O. The summed E-state index contributed by atoms with van der Waals surface area (Å²) in [6.07, 6.45) is 0.576. The summed E-state index contributed by atoms with van der Waals surface area (Å²) < 4.78 is 39.8. The van der Waals surface area contributed by atoms with Crippen molar-refractivity contribution in [3.8, 4) is 0 Å². The Bertz CT molecular complexity index is 2070. The molecule has 74 heavy (non-hydrogen) atoms. The maximum atomic E-state index is 11.7. The molecule has 3 atom stereocenters. The second-order valence-corrected chi connectivity index (χ2v) is 21.3. The molecule has 0 aromatic heterocycles. The molecule has 28 nitrogen and oxygen atoms in total. The van der Waals surface area contributed by atoms with Gasteiger partial charge in [-0.3, -0.25) is 70.2 Å². The number of hydrogen-bond acceptors (Lipinski definition) is 22. The van der Waals surface area contributed by atoms with E-state index in [0.717, 1.165) is 0 Å². The first kappa shape index (κ1) is 65.5. The third-order valence-electron chi connectivity index (χ3n) is 9.01. The number of ketones is 2. The Labute approximate surface area is 432 Å². The second kappa shape index (κ2) is 34.8. The number of nitrogens with one attached hydrogen (secondary N) is 3. The van der Waals surface area contributed by atoms with Gasteiger partial charge in [0.15, 0.2) is 0 Å². The minimum Gasteiger partial charge on any atom is -0.462 e. The quantitative estimate of drug-likeness (QED) is 0.0514. The van der Waals surface area contributed by atoms with Gasteiger partial charge in [-0.25, -0.2) is 14.4 Å². The van der Waals surface area contributed by atoms with Gasteiger partial charge in [-0.1, -0.05) is 20.8 Å². The van der Waals surface area contributed by atoms with Crippen molar-refractivity contribution in [3.63, 3.8) is 0 Å². The van der Waals surface area contributed by atoms with Crippen LogP contribution in [0.5, 0.6) is 0 Å². The first-order valence-corrected chi connectivity index (χ1v) is 27.4.